The SMILES string of the molecule is N#CC(C#N)=C1Sc2c(F)c(C#N)c3c(c2S1)SC(=C(C#N)C#N)S3. The van der Waals surface area contributed by atoms with Crippen molar-refractivity contribution in [2.24, 2.45) is 0 Å². The van der Waals surface area contributed by atoms with Crippen molar-refractivity contribution < 1.29 is 4.39 Å². The molecule has 0 radical (unpaired) electrons. The molecule has 3 rings (SSSR count). The van der Waals surface area contributed by atoms with Gasteiger partial charge in [-0.15, -0.1) is 0 Å². The van der Waals surface area contributed by atoms with E-state index in [0.29, 0.717) is 23.2 Å². The van der Waals surface area contributed by atoms with E-state index in [1.54, 1.807) is 24.3 Å². The fourth-order valence-corrected chi connectivity index (χ4v) is 7.27. The lowest BCUT2D eigenvalue weighted by Crippen LogP contribution is -1.92. The van der Waals surface area contributed by atoms with Gasteiger partial charge in [-0.1, -0.05) is 47.0 Å². The van der Waals surface area contributed by atoms with E-state index in [-0.39, 0.29) is 21.6 Å². The van der Waals surface area contributed by atoms with E-state index in [9.17, 15) is 9.65 Å². The lowest BCUT2D eigenvalue weighted by Gasteiger charge is -2.06. The molecule has 0 aromatic heterocycles. The maximum absolute atomic E-state index is 14.8. The third-order valence-corrected chi connectivity index (χ3v) is 8.38. The van der Waals surface area contributed by atoms with Gasteiger partial charge >= 0.3 is 0 Å². The van der Waals surface area contributed by atoms with Gasteiger partial charge in [-0.2, -0.15) is 26.3 Å². The van der Waals surface area contributed by atoms with Gasteiger partial charge in [-0.25, -0.2) is 4.39 Å². The second-order valence-corrected chi connectivity index (χ2v) is 8.90. The zero-order valence-electron chi connectivity index (χ0n) is 11.7. The Bertz CT molecular complexity index is 1080. The molecule has 0 spiro atoms. The minimum atomic E-state index is -0.719. The highest BCUT2D eigenvalue weighted by Crippen LogP contribution is 2.64. The van der Waals surface area contributed by atoms with Crippen LogP contribution < -0.4 is 0 Å². The summed E-state index contributed by atoms with van der Waals surface area (Å²) in [5, 5.41) is 45.4. The molecule has 5 nitrogen and oxygen atoms in total. The summed E-state index contributed by atoms with van der Waals surface area (Å²) in [6, 6.07) is 8.94. The summed E-state index contributed by atoms with van der Waals surface area (Å²) < 4.78 is 15.5. The van der Waals surface area contributed by atoms with Gasteiger partial charge in [-0.3, -0.25) is 0 Å². The van der Waals surface area contributed by atoms with Crippen molar-refractivity contribution in [3.8, 4) is 30.3 Å². The zero-order valence-corrected chi connectivity index (χ0v) is 15.0. The predicted octanol–water partition coefficient (Wildman–Crippen LogP) is 4.61. The molecule has 0 unspecified atom stereocenters. The first-order valence-electron chi connectivity index (χ1n) is 6.19. The van der Waals surface area contributed by atoms with Gasteiger partial charge in [0.2, 0.25) is 0 Å². The fourth-order valence-electron chi connectivity index (χ4n) is 1.96. The minimum absolute atomic E-state index is 0.106. The third kappa shape index (κ3) is 2.65. The summed E-state index contributed by atoms with van der Waals surface area (Å²) in [4.78, 5) is 1.60. The first kappa shape index (κ1) is 17.3. The number of hydrogen-bond donors (Lipinski definition) is 0. The van der Waals surface area contributed by atoms with Crippen LogP contribution >= 0.6 is 47.0 Å². The van der Waals surface area contributed by atoms with E-state index in [1.165, 1.54) is 0 Å². The van der Waals surface area contributed by atoms with E-state index in [4.69, 9.17) is 21.0 Å². The van der Waals surface area contributed by atoms with Crippen LogP contribution in [0.5, 0.6) is 0 Å². The van der Waals surface area contributed by atoms with Crippen LogP contribution in [0.15, 0.2) is 39.2 Å². The molecule has 116 valence electrons. The number of fused-ring (bicyclic) bond motifs is 3. The second-order valence-electron chi connectivity index (χ2n) is 4.30. The molecule has 1 aromatic rings. The predicted molar refractivity (Wildman–Crippen MR) is 91.0 cm³/mol. The average molecular weight is 397 g/mol. The summed E-state index contributed by atoms with van der Waals surface area (Å²) in [6.07, 6.45) is 0. The highest BCUT2D eigenvalue weighted by Gasteiger charge is 2.37. The number of allylic oxidation sites excluding steroid dienone is 2. The molecule has 25 heavy (non-hydrogen) atoms. The minimum Gasteiger partial charge on any atom is -0.204 e. The third-order valence-electron chi connectivity index (χ3n) is 3.01. The van der Waals surface area contributed by atoms with E-state index >= 15 is 0 Å². The van der Waals surface area contributed by atoms with Crippen LogP contribution in [0.3, 0.4) is 0 Å². The quantitative estimate of drug-likeness (QED) is 0.578. The molecule has 0 bridgehead atoms. The van der Waals surface area contributed by atoms with Crippen molar-refractivity contribution in [2.45, 2.75) is 19.6 Å². The van der Waals surface area contributed by atoms with Gasteiger partial charge in [-0.05, 0) is 0 Å². The maximum Gasteiger partial charge on any atom is 0.157 e. The molecule has 1 aromatic carbocycles. The number of benzene rings is 1. The van der Waals surface area contributed by atoms with Gasteiger partial charge in [0.1, 0.15) is 47.1 Å². The van der Waals surface area contributed by atoms with Gasteiger partial charge in [0.25, 0.3) is 0 Å². The Labute approximate surface area is 158 Å². The summed E-state index contributed by atoms with van der Waals surface area (Å²) >= 11 is 4.16. The second kappa shape index (κ2) is 6.77. The van der Waals surface area contributed by atoms with Crippen molar-refractivity contribution in [1.82, 2.24) is 0 Å². The monoisotopic (exact) mass is 397 g/mol. The van der Waals surface area contributed by atoms with Crippen LogP contribution in [0.1, 0.15) is 5.56 Å². The maximum atomic E-state index is 14.8. The molecular weight excluding hydrogens is 397 g/mol. The lowest BCUT2D eigenvalue weighted by atomic mass is 10.2. The molecule has 2 heterocycles. The molecule has 0 atom stereocenters. The number of nitriles is 5. The molecule has 0 N–H and O–H groups in total. The van der Waals surface area contributed by atoms with Crippen LogP contribution in [-0.2, 0) is 0 Å². The molecule has 0 aliphatic carbocycles. The van der Waals surface area contributed by atoms with Gasteiger partial charge in [0.05, 0.1) is 13.4 Å². The van der Waals surface area contributed by atoms with Crippen LogP contribution in [0, 0.1) is 62.5 Å². The molecule has 10 heteroatoms. The smallest absolute Gasteiger partial charge is 0.157 e. The van der Waals surface area contributed by atoms with Crippen LogP contribution in [0.25, 0.3) is 0 Å². The van der Waals surface area contributed by atoms with E-state index in [2.05, 4.69) is 0 Å². The first-order chi connectivity index (χ1) is 12.1. The Balaban J connectivity index is 2.26. The van der Waals surface area contributed by atoms with Crippen molar-refractivity contribution in [1.29, 1.82) is 26.3 Å². The highest BCUT2D eigenvalue weighted by atomic mass is 32.2. The Morgan fingerprint density at radius 3 is 1.48 bits per heavy atom. The number of rotatable bonds is 0. The number of thioether (sulfide) groups is 4. The van der Waals surface area contributed by atoms with Crippen LogP contribution in [-0.4, -0.2) is 0 Å². The van der Waals surface area contributed by atoms with E-state index < -0.39 is 5.82 Å². The summed E-state index contributed by atoms with van der Waals surface area (Å²) in [7, 11) is 0. The standard InChI is InChI=1S/C15FN5S4/c16-9-8(5-21)10-12(24-14(22-10)6(1-17)2-18)13-11(9)23-15(25-13)7(3-19)4-20. The average Bonchev–Trinajstić information content (AvgIpc) is 3.23. The summed E-state index contributed by atoms with van der Waals surface area (Å²) in [5.74, 6) is -0.719. The van der Waals surface area contributed by atoms with Gasteiger partial charge in [0, 0.05) is 14.7 Å². The molecule has 0 saturated carbocycles. The first-order valence-corrected chi connectivity index (χ1v) is 9.46. The molecule has 0 fully saturated rings. The number of halogens is 1. The fraction of sp³-hybridized carbons (Fsp3) is 0. The molecule has 2 aliphatic rings. The van der Waals surface area contributed by atoms with Crippen molar-refractivity contribution in [3.05, 3.63) is 31.0 Å². The molecule has 0 amide bonds. The molecular formula is C15FN5S4. The van der Waals surface area contributed by atoms with Gasteiger partial charge < -0.3 is 0 Å². The van der Waals surface area contributed by atoms with Crippen molar-refractivity contribution in [2.75, 3.05) is 0 Å². The Morgan fingerprint density at radius 2 is 1.04 bits per heavy atom. The Kier molecular flexibility index (Phi) is 4.69. The van der Waals surface area contributed by atoms with Crippen LogP contribution in [0.2, 0.25) is 0 Å². The molecule has 2 aliphatic heterocycles. The zero-order chi connectivity index (χ0) is 18.1. The largest absolute Gasteiger partial charge is 0.204 e. The van der Waals surface area contributed by atoms with E-state index in [1.807, 2.05) is 6.07 Å². The number of nitrogens with zero attached hydrogens (tertiary/aromatic N) is 5. The molecule has 0 saturated heterocycles. The summed E-state index contributed by atoms with van der Waals surface area (Å²) in [6.45, 7) is 0. The Morgan fingerprint density at radius 1 is 0.640 bits per heavy atom. The van der Waals surface area contributed by atoms with E-state index in [0.717, 1.165) is 47.0 Å². The summed E-state index contributed by atoms with van der Waals surface area (Å²) in [5.41, 5.74) is -0.397. The lowest BCUT2D eigenvalue weighted by molar-refractivity contribution is 0.580. The van der Waals surface area contributed by atoms with Crippen molar-refractivity contribution >= 4 is 47.0 Å². The topological polar surface area (TPSA) is 119 Å². The van der Waals surface area contributed by atoms with Crippen molar-refractivity contribution in [3.63, 3.8) is 0 Å². The normalized spacial score (nSPS) is 13.6. The number of hydrogen-bond acceptors (Lipinski definition) is 9. The van der Waals surface area contributed by atoms with Crippen LogP contribution in [0.4, 0.5) is 4.39 Å². The highest BCUT2D eigenvalue weighted by molar-refractivity contribution is 8.26. The van der Waals surface area contributed by atoms with Gasteiger partial charge in [0.15, 0.2) is 5.82 Å². The Hall–Kier alpha value is -2.52.